The van der Waals surface area contributed by atoms with Gasteiger partial charge in [0.15, 0.2) is 11.5 Å². The third-order valence-electron chi connectivity index (χ3n) is 4.17. The molecule has 2 amide bonds. The molecule has 0 spiro atoms. The SMILES string of the molecule is C#CCOc1c(Cl)cc(C=C2SC(=O)N(Cc3ccc(C(=O)OC)o3)C2=O)cc1OCC. The molecule has 0 radical (unpaired) electrons. The third-order valence-corrected chi connectivity index (χ3v) is 5.35. The fourth-order valence-electron chi connectivity index (χ4n) is 2.80. The summed E-state index contributed by atoms with van der Waals surface area (Å²) >= 11 is 7.09. The first kappa shape index (κ1) is 23.3. The maximum atomic E-state index is 12.8. The fourth-order valence-corrected chi connectivity index (χ4v) is 3.92. The lowest BCUT2D eigenvalue weighted by Gasteiger charge is -2.13. The summed E-state index contributed by atoms with van der Waals surface area (Å²) in [4.78, 5) is 37.9. The van der Waals surface area contributed by atoms with Gasteiger partial charge >= 0.3 is 5.97 Å². The van der Waals surface area contributed by atoms with Gasteiger partial charge in [0.2, 0.25) is 5.76 Å². The molecule has 3 rings (SSSR count). The van der Waals surface area contributed by atoms with Crippen LogP contribution in [-0.4, -0.2) is 42.3 Å². The number of carbonyl (C=O) groups excluding carboxylic acids is 3. The maximum Gasteiger partial charge on any atom is 0.373 e. The monoisotopic (exact) mass is 475 g/mol. The zero-order valence-corrected chi connectivity index (χ0v) is 18.7. The van der Waals surface area contributed by atoms with Gasteiger partial charge in [0.25, 0.3) is 11.1 Å². The van der Waals surface area contributed by atoms with Gasteiger partial charge < -0.3 is 18.6 Å². The zero-order chi connectivity index (χ0) is 23.3. The molecule has 0 saturated carbocycles. The number of thioether (sulfide) groups is 1. The van der Waals surface area contributed by atoms with Crippen LogP contribution >= 0.6 is 23.4 Å². The van der Waals surface area contributed by atoms with Crippen LogP contribution in [0, 0.1) is 12.3 Å². The van der Waals surface area contributed by atoms with Crippen LogP contribution in [0.25, 0.3) is 6.08 Å². The number of halogens is 1. The second kappa shape index (κ2) is 10.3. The number of ether oxygens (including phenoxy) is 3. The van der Waals surface area contributed by atoms with Crippen molar-refractivity contribution in [3.63, 3.8) is 0 Å². The number of amides is 2. The Kier molecular flexibility index (Phi) is 7.51. The van der Waals surface area contributed by atoms with E-state index in [1.54, 1.807) is 19.1 Å². The minimum absolute atomic E-state index is 0.0164. The van der Waals surface area contributed by atoms with Crippen molar-refractivity contribution in [3.8, 4) is 23.8 Å². The quantitative estimate of drug-likeness (QED) is 0.315. The molecule has 1 fully saturated rings. The number of esters is 1. The highest BCUT2D eigenvalue weighted by atomic mass is 35.5. The number of hydrogen-bond acceptors (Lipinski definition) is 8. The Hall–Kier alpha value is -3.35. The van der Waals surface area contributed by atoms with Gasteiger partial charge in [-0.2, -0.15) is 0 Å². The van der Waals surface area contributed by atoms with Crippen molar-refractivity contribution in [3.05, 3.63) is 51.3 Å². The minimum Gasteiger partial charge on any atom is -0.490 e. The largest absolute Gasteiger partial charge is 0.490 e. The van der Waals surface area contributed by atoms with E-state index in [0.29, 0.717) is 23.7 Å². The Morgan fingerprint density at radius 2 is 2.09 bits per heavy atom. The third kappa shape index (κ3) is 5.10. The molecule has 1 aliphatic rings. The van der Waals surface area contributed by atoms with Crippen LogP contribution in [0.2, 0.25) is 5.02 Å². The molecule has 0 aliphatic carbocycles. The molecule has 1 aromatic heterocycles. The molecule has 0 N–H and O–H groups in total. The first-order chi connectivity index (χ1) is 15.4. The number of terminal acetylenes is 1. The van der Waals surface area contributed by atoms with E-state index >= 15 is 0 Å². The lowest BCUT2D eigenvalue weighted by molar-refractivity contribution is -0.123. The van der Waals surface area contributed by atoms with Crippen LogP contribution in [0.1, 0.15) is 28.8 Å². The number of imide groups is 1. The molecule has 8 nitrogen and oxygen atoms in total. The summed E-state index contributed by atoms with van der Waals surface area (Å²) in [6.07, 6.45) is 6.77. The molecule has 0 unspecified atom stereocenters. The first-order valence-corrected chi connectivity index (χ1v) is 10.5. The maximum absolute atomic E-state index is 12.8. The molecule has 32 heavy (non-hydrogen) atoms. The number of carbonyl (C=O) groups is 3. The van der Waals surface area contributed by atoms with E-state index in [0.717, 1.165) is 16.7 Å². The normalized spacial score (nSPS) is 14.6. The molecule has 2 aromatic rings. The lowest BCUT2D eigenvalue weighted by atomic mass is 10.1. The van der Waals surface area contributed by atoms with Gasteiger partial charge in [0.05, 0.1) is 30.2 Å². The summed E-state index contributed by atoms with van der Waals surface area (Å²) in [5.74, 6) is 2.13. The van der Waals surface area contributed by atoms with Crippen LogP contribution in [-0.2, 0) is 16.1 Å². The van der Waals surface area contributed by atoms with Gasteiger partial charge in [-0.3, -0.25) is 14.5 Å². The molecule has 0 bridgehead atoms. The van der Waals surface area contributed by atoms with Crippen molar-refractivity contribution in [1.29, 1.82) is 0 Å². The van der Waals surface area contributed by atoms with Crippen molar-refractivity contribution < 1.29 is 33.0 Å². The van der Waals surface area contributed by atoms with E-state index in [2.05, 4.69) is 10.7 Å². The summed E-state index contributed by atoms with van der Waals surface area (Å²) < 4.78 is 20.9. The predicted molar refractivity (Wildman–Crippen MR) is 119 cm³/mol. The number of furan rings is 1. The van der Waals surface area contributed by atoms with Gasteiger partial charge in [-0.1, -0.05) is 17.5 Å². The van der Waals surface area contributed by atoms with Crippen LogP contribution < -0.4 is 9.47 Å². The second-order valence-electron chi connectivity index (χ2n) is 6.28. The molecule has 1 aliphatic heterocycles. The molecule has 166 valence electrons. The highest BCUT2D eigenvalue weighted by Crippen LogP contribution is 2.39. The Bertz CT molecular complexity index is 1130. The Morgan fingerprint density at radius 3 is 2.78 bits per heavy atom. The lowest BCUT2D eigenvalue weighted by Crippen LogP contribution is -2.27. The average molecular weight is 476 g/mol. The summed E-state index contributed by atoms with van der Waals surface area (Å²) in [7, 11) is 1.22. The summed E-state index contributed by atoms with van der Waals surface area (Å²) in [6, 6.07) is 6.14. The van der Waals surface area contributed by atoms with E-state index < -0.39 is 17.1 Å². The van der Waals surface area contributed by atoms with Crippen LogP contribution in [0.15, 0.2) is 33.6 Å². The molecule has 10 heteroatoms. The molecular weight excluding hydrogens is 458 g/mol. The van der Waals surface area contributed by atoms with Gasteiger partial charge in [0.1, 0.15) is 12.4 Å². The smallest absolute Gasteiger partial charge is 0.373 e. The number of benzene rings is 1. The number of rotatable bonds is 8. The standard InChI is InChI=1S/C22H18ClNO7S/c1-4-8-30-19-15(23)9-13(10-17(19)29-5-2)11-18-20(25)24(22(27)32-18)12-14-6-7-16(31-14)21(26)28-3/h1,6-7,9-11H,5,8,12H2,2-3H3. The Morgan fingerprint density at radius 1 is 1.31 bits per heavy atom. The topological polar surface area (TPSA) is 95.3 Å². The highest BCUT2D eigenvalue weighted by Gasteiger charge is 2.36. The van der Waals surface area contributed by atoms with Gasteiger partial charge in [-0.15, -0.1) is 6.42 Å². The molecule has 2 heterocycles. The molecule has 1 aromatic carbocycles. The number of hydrogen-bond donors (Lipinski definition) is 0. The molecular formula is C22H18ClNO7S. The molecule has 0 atom stereocenters. The Balaban J connectivity index is 1.83. The van der Waals surface area contributed by atoms with Gasteiger partial charge in [0, 0.05) is 0 Å². The van der Waals surface area contributed by atoms with Crippen molar-refractivity contribution >= 4 is 46.6 Å². The summed E-state index contributed by atoms with van der Waals surface area (Å²) in [5, 5.41) is -0.218. The van der Waals surface area contributed by atoms with Crippen LogP contribution in [0.5, 0.6) is 11.5 Å². The van der Waals surface area contributed by atoms with E-state index in [4.69, 9.17) is 31.9 Å². The van der Waals surface area contributed by atoms with Crippen LogP contribution in [0.3, 0.4) is 0 Å². The average Bonchev–Trinajstić information content (AvgIpc) is 3.33. The van der Waals surface area contributed by atoms with E-state index in [1.807, 2.05) is 0 Å². The van der Waals surface area contributed by atoms with Crippen molar-refractivity contribution in [2.75, 3.05) is 20.3 Å². The van der Waals surface area contributed by atoms with Crippen LogP contribution in [0.4, 0.5) is 4.79 Å². The second-order valence-corrected chi connectivity index (χ2v) is 7.68. The van der Waals surface area contributed by atoms with Crippen molar-refractivity contribution in [1.82, 2.24) is 4.90 Å². The van der Waals surface area contributed by atoms with E-state index in [9.17, 15) is 14.4 Å². The van der Waals surface area contributed by atoms with Crippen molar-refractivity contribution in [2.24, 2.45) is 0 Å². The van der Waals surface area contributed by atoms with Gasteiger partial charge in [-0.25, -0.2) is 4.79 Å². The van der Waals surface area contributed by atoms with E-state index in [1.165, 1.54) is 25.3 Å². The van der Waals surface area contributed by atoms with Gasteiger partial charge in [-0.05, 0) is 54.6 Å². The fraction of sp³-hybridized carbons (Fsp3) is 0.227. The van der Waals surface area contributed by atoms with Crippen molar-refractivity contribution in [2.45, 2.75) is 13.5 Å². The summed E-state index contributed by atoms with van der Waals surface area (Å²) in [6.45, 7) is 2.06. The molecule has 1 saturated heterocycles. The van der Waals surface area contributed by atoms with E-state index in [-0.39, 0.29) is 34.6 Å². The zero-order valence-electron chi connectivity index (χ0n) is 17.2. The first-order valence-electron chi connectivity index (χ1n) is 9.32. The predicted octanol–water partition coefficient (Wildman–Crippen LogP) is 4.37. The summed E-state index contributed by atoms with van der Waals surface area (Å²) in [5.41, 5.74) is 0.544. The Labute approximate surface area is 193 Å². The number of methoxy groups -OCH3 is 1. The highest BCUT2D eigenvalue weighted by molar-refractivity contribution is 8.18. The minimum atomic E-state index is -0.651. The number of nitrogens with zero attached hydrogens (tertiary/aromatic N) is 1.